The Hall–Kier alpha value is -3.53. The molecule has 0 bridgehead atoms. The number of ether oxygens (including phenoxy) is 2. The summed E-state index contributed by atoms with van der Waals surface area (Å²) in [5.41, 5.74) is 8.84. The van der Waals surface area contributed by atoms with Gasteiger partial charge in [0.15, 0.2) is 11.5 Å². The third kappa shape index (κ3) is 4.81. The highest BCUT2D eigenvalue weighted by Gasteiger charge is 2.54. The minimum absolute atomic E-state index is 0.0347. The van der Waals surface area contributed by atoms with Crippen LogP contribution in [0, 0.1) is 23.2 Å². The molecule has 2 aromatic heterocycles. The second-order valence-electron chi connectivity index (χ2n) is 14.4. The van der Waals surface area contributed by atoms with Crippen LogP contribution in [-0.4, -0.2) is 90.3 Å². The van der Waals surface area contributed by atoms with Crippen molar-refractivity contribution in [1.82, 2.24) is 25.3 Å². The largest absolute Gasteiger partial charge is 0.473 e. The fraction of sp³-hybridized carbons (Fsp3) is 0.647. The lowest BCUT2D eigenvalue weighted by molar-refractivity contribution is -0.0743. The zero-order valence-electron chi connectivity index (χ0n) is 26.7. The van der Waals surface area contributed by atoms with Gasteiger partial charge in [0.1, 0.15) is 23.9 Å². The number of aromatic nitrogens is 3. The number of hydrogen-bond acceptors (Lipinski definition) is 11. The topological polar surface area (TPSA) is 139 Å². The Morgan fingerprint density at radius 3 is 2.87 bits per heavy atom. The van der Waals surface area contributed by atoms with Crippen LogP contribution in [-0.2, 0) is 16.6 Å². The van der Waals surface area contributed by atoms with Crippen LogP contribution in [0.4, 0.5) is 10.2 Å². The molecule has 1 saturated carbocycles. The monoisotopic (exact) mass is 630 g/mol. The first-order chi connectivity index (χ1) is 22.3. The molecule has 12 heteroatoms. The lowest BCUT2D eigenvalue weighted by atomic mass is 9.53. The van der Waals surface area contributed by atoms with Crippen LogP contribution in [0.15, 0.2) is 34.0 Å². The van der Waals surface area contributed by atoms with E-state index in [0.717, 1.165) is 75.3 Å². The van der Waals surface area contributed by atoms with Crippen LogP contribution >= 0.6 is 0 Å². The molecule has 3 aliphatic heterocycles. The van der Waals surface area contributed by atoms with Gasteiger partial charge >= 0.3 is 0 Å². The van der Waals surface area contributed by atoms with Crippen molar-refractivity contribution in [2.24, 2.45) is 17.6 Å². The number of anilines is 1. The van der Waals surface area contributed by atoms with E-state index in [-0.39, 0.29) is 34.9 Å². The molecule has 46 heavy (non-hydrogen) atoms. The average Bonchev–Trinajstić information content (AvgIpc) is 3.64. The molecule has 2 aromatic rings. The van der Waals surface area contributed by atoms with Gasteiger partial charge in [-0.15, -0.1) is 0 Å². The number of nitrogens with zero attached hydrogens (tertiary/aromatic N) is 6. The minimum atomic E-state index is -0.862. The van der Waals surface area contributed by atoms with Gasteiger partial charge in [-0.25, -0.2) is 9.37 Å². The first-order valence-electron chi connectivity index (χ1n) is 16.8. The number of likely N-dealkylation sites (tertiary alicyclic amines) is 1. The van der Waals surface area contributed by atoms with Gasteiger partial charge in [-0.2, -0.15) is 10.2 Å². The summed E-state index contributed by atoms with van der Waals surface area (Å²) in [6.45, 7) is 6.08. The predicted molar refractivity (Wildman–Crippen MR) is 169 cm³/mol. The predicted octanol–water partition coefficient (Wildman–Crippen LogP) is 3.42. The number of hydrogen-bond donors (Lipinski definition) is 2. The third-order valence-electron chi connectivity index (χ3n) is 11.5. The zero-order chi connectivity index (χ0) is 31.6. The van der Waals surface area contributed by atoms with E-state index in [2.05, 4.69) is 27.5 Å². The van der Waals surface area contributed by atoms with E-state index in [4.69, 9.17) is 29.7 Å². The first-order valence-corrected chi connectivity index (χ1v) is 16.8. The average molecular weight is 631 g/mol. The smallest absolute Gasteiger partial charge is 0.219 e. The standard InChI is InChI=1S/C34H43FN8O3/c1-20(26-13-22(35)16-42(26)2)45-28-14-27(43-12-11-38-33(17-43)18-44-19-33)39-32(40-28)30-23-6-4-10-34(31(23)46-41-30)9-3-5-21-7-8-25(37)24(15-36)29(21)34/h7-8,14,20-22,26,29,38H,3-6,9-13,16-19,37H2,1-2H3/t20-,21?,22+,26-,29?,34+/m0/s1. The lowest BCUT2D eigenvalue weighted by Crippen LogP contribution is -2.70. The van der Waals surface area contributed by atoms with Crippen LogP contribution in [0.3, 0.4) is 0 Å². The van der Waals surface area contributed by atoms with Gasteiger partial charge in [-0.3, -0.25) is 4.90 Å². The quantitative estimate of drug-likeness (QED) is 0.503. The van der Waals surface area contributed by atoms with Gasteiger partial charge < -0.3 is 29.9 Å². The van der Waals surface area contributed by atoms with Crippen LogP contribution in [0.2, 0.25) is 0 Å². The van der Waals surface area contributed by atoms with E-state index in [0.29, 0.717) is 54.8 Å². The Morgan fingerprint density at radius 2 is 2.11 bits per heavy atom. The molecular weight excluding hydrogens is 587 g/mol. The van der Waals surface area contributed by atoms with Gasteiger partial charge in [0, 0.05) is 60.9 Å². The van der Waals surface area contributed by atoms with E-state index in [1.807, 2.05) is 31.0 Å². The lowest BCUT2D eigenvalue weighted by Gasteiger charge is -2.49. The zero-order valence-corrected chi connectivity index (χ0v) is 26.7. The van der Waals surface area contributed by atoms with Crippen LogP contribution in [0.25, 0.3) is 11.5 Å². The molecule has 244 valence electrons. The van der Waals surface area contributed by atoms with Gasteiger partial charge in [-0.1, -0.05) is 17.7 Å². The summed E-state index contributed by atoms with van der Waals surface area (Å²) in [5, 5.41) is 18.5. The highest BCUT2D eigenvalue weighted by Crippen LogP contribution is 2.57. The Morgan fingerprint density at radius 1 is 1.26 bits per heavy atom. The molecule has 0 radical (unpaired) electrons. The molecule has 3 N–H and O–H groups in total. The second kappa shape index (κ2) is 11.3. The minimum Gasteiger partial charge on any atom is -0.473 e. The summed E-state index contributed by atoms with van der Waals surface area (Å²) in [6.07, 6.45) is 9.05. The van der Waals surface area contributed by atoms with Crippen LogP contribution in [0.5, 0.6) is 5.88 Å². The van der Waals surface area contributed by atoms with Crippen molar-refractivity contribution >= 4 is 5.82 Å². The molecule has 8 rings (SSSR count). The number of fused-ring (bicyclic) bond motifs is 4. The molecule has 4 fully saturated rings. The summed E-state index contributed by atoms with van der Waals surface area (Å²) in [4.78, 5) is 14.3. The van der Waals surface area contributed by atoms with Crippen molar-refractivity contribution in [2.45, 2.75) is 81.1 Å². The number of nitrogens with two attached hydrogens (primary N) is 1. The van der Waals surface area contributed by atoms with Crippen molar-refractivity contribution in [3.8, 4) is 23.5 Å². The van der Waals surface area contributed by atoms with Gasteiger partial charge in [0.05, 0.1) is 30.4 Å². The molecule has 3 aliphatic carbocycles. The van der Waals surface area contributed by atoms with E-state index in [1.54, 1.807) is 0 Å². The summed E-state index contributed by atoms with van der Waals surface area (Å²) in [5.74, 6) is 2.74. The van der Waals surface area contributed by atoms with Crippen molar-refractivity contribution in [1.29, 1.82) is 5.26 Å². The molecular formula is C34H43FN8O3. The Kier molecular flexibility index (Phi) is 7.34. The number of nitriles is 1. The molecule has 2 spiro atoms. The second-order valence-corrected chi connectivity index (χ2v) is 14.4. The fourth-order valence-electron chi connectivity index (χ4n) is 9.27. The van der Waals surface area contributed by atoms with E-state index < -0.39 is 6.17 Å². The maximum atomic E-state index is 14.3. The van der Waals surface area contributed by atoms with Crippen molar-refractivity contribution in [3.05, 3.63) is 40.8 Å². The number of piperazine rings is 1. The first kappa shape index (κ1) is 29.8. The number of allylic oxidation sites excluding steroid dienone is 3. The highest BCUT2D eigenvalue weighted by atomic mass is 19.1. The van der Waals surface area contributed by atoms with Gasteiger partial charge in [0.2, 0.25) is 5.88 Å². The molecule has 3 saturated heterocycles. The Bertz CT molecular complexity index is 1610. The summed E-state index contributed by atoms with van der Waals surface area (Å²) in [6, 6.07) is 4.31. The van der Waals surface area contributed by atoms with Crippen molar-refractivity contribution in [2.75, 3.05) is 51.3 Å². The SMILES string of the molecule is C[C@H](Oc1cc(N2CCNC3(COC3)C2)nc(-c2noc3c2CCC[C@@]32CCCC3C=CC(N)=C(C#N)C32)n1)[C@@H]1C[C@@H](F)CN1C. The number of rotatable bonds is 5. The van der Waals surface area contributed by atoms with E-state index >= 15 is 0 Å². The maximum Gasteiger partial charge on any atom is 0.219 e. The molecule has 0 aromatic carbocycles. The van der Waals surface area contributed by atoms with Gasteiger partial charge in [0.25, 0.3) is 0 Å². The van der Waals surface area contributed by atoms with Crippen LogP contribution < -0.4 is 20.7 Å². The number of nitrogens with one attached hydrogen (secondary N) is 1. The summed E-state index contributed by atoms with van der Waals surface area (Å²) < 4.78 is 32.7. The Balaban J connectivity index is 1.19. The summed E-state index contributed by atoms with van der Waals surface area (Å²) >= 11 is 0. The number of alkyl halides is 1. The molecule has 6 aliphatic rings. The molecule has 11 nitrogen and oxygen atoms in total. The number of likely N-dealkylation sites (N-methyl/N-ethyl adjacent to an activating group) is 1. The van der Waals surface area contributed by atoms with Crippen LogP contribution in [0.1, 0.15) is 56.8 Å². The maximum absolute atomic E-state index is 14.3. The molecule has 2 unspecified atom stereocenters. The normalized spacial score (nSPS) is 32.6. The molecule has 0 amide bonds. The Labute approximate surface area is 269 Å². The molecule has 6 atom stereocenters. The van der Waals surface area contributed by atoms with E-state index in [9.17, 15) is 9.65 Å². The fourth-order valence-corrected chi connectivity index (χ4v) is 9.27. The highest BCUT2D eigenvalue weighted by molar-refractivity contribution is 5.61. The third-order valence-corrected chi connectivity index (χ3v) is 11.5. The van der Waals surface area contributed by atoms with Crippen molar-refractivity contribution < 1.29 is 18.4 Å². The van der Waals surface area contributed by atoms with E-state index in [1.165, 1.54) is 0 Å². The van der Waals surface area contributed by atoms with Crippen molar-refractivity contribution in [3.63, 3.8) is 0 Å². The molecule has 5 heterocycles. The number of halogens is 1. The summed E-state index contributed by atoms with van der Waals surface area (Å²) in [7, 11) is 1.94. The van der Waals surface area contributed by atoms with Gasteiger partial charge in [-0.05, 0) is 64.5 Å².